The van der Waals surface area contributed by atoms with Gasteiger partial charge < -0.3 is 9.73 Å². The van der Waals surface area contributed by atoms with Crippen molar-refractivity contribution in [3.8, 4) is 0 Å². The van der Waals surface area contributed by atoms with Gasteiger partial charge in [0.1, 0.15) is 11.3 Å². The number of para-hydroxylation sites is 1. The lowest BCUT2D eigenvalue weighted by Crippen LogP contribution is -2.27. The summed E-state index contributed by atoms with van der Waals surface area (Å²) in [7, 11) is -0.696. The molecule has 0 aliphatic rings. The average Bonchev–Trinajstić information content (AvgIpc) is 3.06. The first-order valence-corrected chi connectivity index (χ1v) is 9.55. The van der Waals surface area contributed by atoms with Crippen molar-refractivity contribution in [2.45, 2.75) is 17.9 Å². The molecule has 136 valence electrons. The number of hydrogen-bond acceptors (Lipinski definition) is 4. The molecule has 2 aromatic carbocycles. The normalized spacial score (nSPS) is 13.1. The second-order valence-electron chi connectivity index (χ2n) is 6.20. The molecule has 6 nitrogen and oxygen atoms in total. The molecule has 0 aliphatic heterocycles. The van der Waals surface area contributed by atoms with E-state index in [1.807, 2.05) is 37.3 Å². The lowest BCUT2D eigenvalue weighted by Gasteiger charge is -2.14. The Bertz CT molecular complexity index is 1020. The summed E-state index contributed by atoms with van der Waals surface area (Å²) in [6, 6.07) is 15.1. The zero-order chi connectivity index (χ0) is 18.9. The molecule has 1 N–H and O–H groups in total. The van der Waals surface area contributed by atoms with Crippen molar-refractivity contribution in [2.24, 2.45) is 0 Å². The minimum Gasteiger partial charge on any atom is -0.459 e. The first kappa shape index (κ1) is 18.2. The molecule has 0 aliphatic carbocycles. The predicted molar refractivity (Wildman–Crippen MR) is 99.4 cm³/mol. The second kappa shape index (κ2) is 6.93. The minimum atomic E-state index is -3.60. The number of rotatable bonds is 5. The number of furan rings is 1. The van der Waals surface area contributed by atoms with Crippen LogP contribution < -0.4 is 5.32 Å². The molecule has 1 heterocycles. The van der Waals surface area contributed by atoms with E-state index in [4.69, 9.17) is 4.42 Å². The van der Waals surface area contributed by atoms with E-state index in [-0.39, 0.29) is 22.4 Å². The summed E-state index contributed by atoms with van der Waals surface area (Å²) in [5.74, 6) is 0.269. The molecule has 7 heteroatoms. The number of carbonyl (C=O) groups is 1. The highest BCUT2D eigenvalue weighted by Crippen LogP contribution is 2.24. The van der Waals surface area contributed by atoms with Crippen molar-refractivity contribution in [1.82, 2.24) is 9.62 Å². The summed E-state index contributed by atoms with van der Waals surface area (Å²) >= 11 is 0. The lowest BCUT2D eigenvalue weighted by atomic mass is 10.1. The van der Waals surface area contributed by atoms with E-state index in [0.717, 1.165) is 15.3 Å². The molecule has 1 atom stereocenters. The summed E-state index contributed by atoms with van der Waals surface area (Å²) in [5, 5.41) is 3.80. The zero-order valence-corrected chi connectivity index (χ0v) is 15.6. The van der Waals surface area contributed by atoms with Crippen LogP contribution in [0.1, 0.15) is 29.1 Å². The van der Waals surface area contributed by atoms with Crippen LogP contribution in [-0.4, -0.2) is 32.7 Å². The molecule has 0 fully saturated rings. The summed E-state index contributed by atoms with van der Waals surface area (Å²) < 4.78 is 31.3. The molecule has 0 unspecified atom stereocenters. The summed E-state index contributed by atoms with van der Waals surface area (Å²) in [6.07, 6.45) is 0. The lowest BCUT2D eigenvalue weighted by molar-refractivity contribution is 0.0935. The average molecular weight is 372 g/mol. The van der Waals surface area contributed by atoms with E-state index >= 15 is 0 Å². The molecule has 3 aromatic rings. The monoisotopic (exact) mass is 372 g/mol. The van der Waals surface area contributed by atoms with Crippen molar-refractivity contribution < 1.29 is 17.6 Å². The highest BCUT2D eigenvalue weighted by atomic mass is 32.2. The van der Waals surface area contributed by atoms with Crippen LogP contribution in [0.3, 0.4) is 0 Å². The maximum absolute atomic E-state index is 12.5. The number of carbonyl (C=O) groups excluding carboxylic acids is 1. The van der Waals surface area contributed by atoms with Crippen LogP contribution in [0.4, 0.5) is 0 Å². The smallest absolute Gasteiger partial charge is 0.251 e. The van der Waals surface area contributed by atoms with E-state index in [2.05, 4.69) is 5.32 Å². The fraction of sp³-hybridized carbons (Fsp3) is 0.211. The van der Waals surface area contributed by atoms with Gasteiger partial charge in [0.25, 0.3) is 5.91 Å². The fourth-order valence-corrected chi connectivity index (χ4v) is 3.52. The van der Waals surface area contributed by atoms with Crippen LogP contribution in [-0.2, 0) is 10.0 Å². The van der Waals surface area contributed by atoms with Crippen molar-refractivity contribution in [3.05, 3.63) is 65.9 Å². The van der Waals surface area contributed by atoms with Crippen LogP contribution in [0.2, 0.25) is 0 Å². The first-order valence-electron chi connectivity index (χ1n) is 8.11. The number of sulfonamides is 1. The Morgan fingerprint density at radius 2 is 1.81 bits per heavy atom. The third-order valence-corrected chi connectivity index (χ3v) is 5.90. The molecule has 3 rings (SSSR count). The second-order valence-corrected chi connectivity index (χ2v) is 8.35. The first-order chi connectivity index (χ1) is 12.3. The van der Waals surface area contributed by atoms with E-state index in [1.54, 1.807) is 12.1 Å². The van der Waals surface area contributed by atoms with E-state index in [0.29, 0.717) is 5.76 Å². The number of amides is 1. The van der Waals surface area contributed by atoms with Gasteiger partial charge in [0.05, 0.1) is 10.9 Å². The van der Waals surface area contributed by atoms with Gasteiger partial charge in [-0.2, -0.15) is 0 Å². The molecule has 0 saturated carbocycles. The number of hydrogen-bond donors (Lipinski definition) is 1. The van der Waals surface area contributed by atoms with Gasteiger partial charge in [-0.15, -0.1) is 0 Å². The largest absolute Gasteiger partial charge is 0.459 e. The van der Waals surface area contributed by atoms with Gasteiger partial charge in [-0.3, -0.25) is 4.79 Å². The third kappa shape index (κ3) is 3.49. The molecule has 0 radical (unpaired) electrons. The van der Waals surface area contributed by atoms with Gasteiger partial charge in [0, 0.05) is 25.0 Å². The van der Waals surface area contributed by atoms with Gasteiger partial charge in [-0.05, 0) is 37.3 Å². The maximum Gasteiger partial charge on any atom is 0.251 e. The van der Waals surface area contributed by atoms with Crippen LogP contribution >= 0.6 is 0 Å². The minimum absolute atomic E-state index is 0.0755. The Kier molecular flexibility index (Phi) is 4.84. The van der Waals surface area contributed by atoms with Crippen molar-refractivity contribution in [1.29, 1.82) is 0 Å². The van der Waals surface area contributed by atoms with E-state index < -0.39 is 10.0 Å². The topological polar surface area (TPSA) is 79.6 Å². The Morgan fingerprint density at radius 3 is 2.50 bits per heavy atom. The summed E-state index contributed by atoms with van der Waals surface area (Å²) in [4.78, 5) is 12.6. The molecular weight excluding hydrogens is 352 g/mol. The van der Waals surface area contributed by atoms with E-state index in [1.165, 1.54) is 26.2 Å². The van der Waals surface area contributed by atoms with Gasteiger partial charge in [0.15, 0.2) is 0 Å². The number of nitrogens with one attached hydrogen (secondary N) is 1. The van der Waals surface area contributed by atoms with Crippen molar-refractivity contribution >= 4 is 26.9 Å². The van der Waals surface area contributed by atoms with Gasteiger partial charge in [-0.1, -0.05) is 24.3 Å². The molecule has 0 bridgehead atoms. The van der Waals surface area contributed by atoms with Crippen LogP contribution in [0, 0.1) is 0 Å². The van der Waals surface area contributed by atoms with Crippen LogP contribution in [0.15, 0.2) is 63.9 Å². The Labute approximate surface area is 152 Å². The molecule has 0 spiro atoms. The van der Waals surface area contributed by atoms with Crippen LogP contribution in [0.25, 0.3) is 11.0 Å². The van der Waals surface area contributed by atoms with Crippen molar-refractivity contribution in [3.63, 3.8) is 0 Å². The maximum atomic E-state index is 12.5. The number of nitrogens with zero attached hydrogens (tertiary/aromatic N) is 1. The Hall–Kier alpha value is -2.64. The summed E-state index contributed by atoms with van der Waals surface area (Å²) in [5.41, 5.74) is 1.03. The standard InChI is InChI=1S/C19H20N2O4S/c1-13(18-12-14-7-4-5-10-17(14)25-18)20-19(22)15-8-6-9-16(11-15)26(23,24)21(2)3/h4-13H,1-3H3,(H,20,22)/t13-/m1/s1. The molecule has 0 saturated heterocycles. The Morgan fingerprint density at radius 1 is 1.08 bits per heavy atom. The van der Waals surface area contributed by atoms with Crippen molar-refractivity contribution in [2.75, 3.05) is 14.1 Å². The quantitative estimate of drug-likeness (QED) is 0.746. The summed E-state index contributed by atoms with van der Waals surface area (Å²) in [6.45, 7) is 1.82. The van der Waals surface area contributed by atoms with Gasteiger partial charge in [0.2, 0.25) is 10.0 Å². The SMILES string of the molecule is C[C@@H](NC(=O)c1cccc(S(=O)(=O)N(C)C)c1)c1cc2ccccc2o1. The highest BCUT2D eigenvalue weighted by molar-refractivity contribution is 7.89. The molecular formula is C19H20N2O4S. The highest BCUT2D eigenvalue weighted by Gasteiger charge is 2.20. The predicted octanol–water partition coefficient (Wildman–Crippen LogP) is 3.17. The molecule has 1 amide bonds. The van der Waals surface area contributed by atoms with Crippen LogP contribution in [0.5, 0.6) is 0 Å². The number of benzene rings is 2. The Balaban J connectivity index is 1.81. The zero-order valence-electron chi connectivity index (χ0n) is 14.8. The third-order valence-electron chi connectivity index (χ3n) is 4.09. The van der Waals surface area contributed by atoms with E-state index in [9.17, 15) is 13.2 Å². The fourth-order valence-electron chi connectivity index (χ4n) is 2.58. The van der Waals surface area contributed by atoms with Gasteiger partial charge in [-0.25, -0.2) is 12.7 Å². The molecule has 1 aromatic heterocycles. The number of fused-ring (bicyclic) bond motifs is 1. The molecule has 26 heavy (non-hydrogen) atoms. The van der Waals surface area contributed by atoms with Gasteiger partial charge >= 0.3 is 0 Å².